The number of nitriles is 1. The van der Waals surface area contributed by atoms with Crippen molar-refractivity contribution in [2.75, 3.05) is 7.11 Å². The van der Waals surface area contributed by atoms with Gasteiger partial charge in [0.25, 0.3) is 0 Å². The Balaban J connectivity index is 2.37. The molecule has 24 heavy (non-hydrogen) atoms. The minimum absolute atomic E-state index is 0.0688. The number of nitrogens with zero attached hydrogens (tertiary/aromatic N) is 1. The Morgan fingerprint density at radius 2 is 1.62 bits per heavy atom. The van der Waals surface area contributed by atoms with Crippen LogP contribution < -0.4 is 0 Å². The Labute approximate surface area is 138 Å². The molecule has 2 atom stereocenters. The first-order valence-corrected chi connectivity index (χ1v) is 7.57. The predicted molar refractivity (Wildman–Crippen MR) is 80.8 cm³/mol. The Bertz CT molecular complexity index is 705. The van der Waals surface area contributed by atoms with Gasteiger partial charge in [0.15, 0.2) is 23.3 Å². The van der Waals surface area contributed by atoms with Crippen LogP contribution in [0.15, 0.2) is 11.6 Å². The van der Waals surface area contributed by atoms with Gasteiger partial charge in [0.05, 0.1) is 18.2 Å². The van der Waals surface area contributed by atoms with Crippen molar-refractivity contribution in [2.24, 2.45) is 17.3 Å². The molecule has 0 spiro atoms. The van der Waals surface area contributed by atoms with E-state index in [9.17, 15) is 17.6 Å². The maximum Gasteiger partial charge on any atom is 0.167 e. The van der Waals surface area contributed by atoms with E-state index in [4.69, 9.17) is 5.26 Å². The number of hydrogen-bond acceptors (Lipinski definition) is 2. The van der Waals surface area contributed by atoms with Gasteiger partial charge in [-0.25, -0.2) is 17.6 Å². The molecule has 1 fully saturated rings. The highest BCUT2D eigenvalue weighted by Gasteiger charge is 2.56. The Morgan fingerprint density at radius 1 is 1.12 bits per heavy atom. The normalized spacial score (nSPS) is 22.4. The lowest BCUT2D eigenvalue weighted by Gasteiger charge is -2.12. The number of ether oxygens (including phenoxy) is 1. The first kappa shape index (κ1) is 18.5. The molecule has 0 aliphatic heterocycles. The van der Waals surface area contributed by atoms with E-state index < -0.39 is 41.0 Å². The van der Waals surface area contributed by atoms with Crippen LogP contribution in [0.3, 0.4) is 0 Å². The Morgan fingerprint density at radius 3 is 2.08 bits per heavy atom. The second-order valence-electron chi connectivity index (χ2n) is 6.77. The minimum Gasteiger partial charge on any atom is -0.380 e. The lowest BCUT2D eigenvalue weighted by Crippen LogP contribution is -2.11. The quantitative estimate of drug-likeness (QED) is 0.443. The van der Waals surface area contributed by atoms with Gasteiger partial charge in [-0.15, -0.1) is 0 Å². The van der Waals surface area contributed by atoms with Gasteiger partial charge >= 0.3 is 0 Å². The summed E-state index contributed by atoms with van der Waals surface area (Å²) in [6, 6.07) is 2.00. The SMILES string of the molecule is COCc1c(F)c(F)c(CC2C(C=C(C)C#N)C2(C)C)c(F)c1F. The van der Waals surface area contributed by atoms with Crippen molar-refractivity contribution in [3.05, 3.63) is 46.0 Å². The summed E-state index contributed by atoms with van der Waals surface area (Å²) in [5.74, 6) is -5.83. The molecule has 0 radical (unpaired) electrons. The molecule has 0 aromatic heterocycles. The molecule has 0 saturated heterocycles. The van der Waals surface area contributed by atoms with Gasteiger partial charge in [-0.05, 0) is 30.6 Å². The molecule has 130 valence electrons. The van der Waals surface area contributed by atoms with Crippen molar-refractivity contribution in [3.63, 3.8) is 0 Å². The number of rotatable bonds is 5. The van der Waals surface area contributed by atoms with Crippen molar-refractivity contribution in [3.8, 4) is 6.07 Å². The summed E-state index contributed by atoms with van der Waals surface area (Å²) >= 11 is 0. The maximum absolute atomic E-state index is 14.2. The van der Waals surface area contributed by atoms with Crippen LogP contribution in [0.4, 0.5) is 17.6 Å². The van der Waals surface area contributed by atoms with Crippen LogP contribution in [0, 0.1) is 51.9 Å². The van der Waals surface area contributed by atoms with Crippen molar-refractivity contribution in [2.45, 2.75) is 33.8 Å². The predicted octanol–water partition coefficient (Wildman–Crippen LogP) is 4.67. The highest BCUT2D eigenvalue weighted by atomic mass is 19.2. The van der Waals surface area contributed by atoms with Crippen molar-refractivity contribution < 1.29 is 22.3 Å². The van der Waals surface area contributed by atoms with Crippen LogP contribution >= 0.6 is 0 Å². The average molecular weight is 341 g/mol. The average Bonchev–Trinajstić information content (AvgIpc) is 3.05. The third kappa shape index (κ3) is 3.05. The second-order valence-corrected chi connectivity index (χ2v) is 6.77. The van der Waals surface area contributed by atoms with E-state index in [2.05, 4.69) is 4.74 Å². The molecule has 0 heterocycles. The summed E-state index contributed by atoms with van der Waals surface area (Å²) in [4.78, 5) is 0. The van der Waals surface area contributed by atoms with E-state index >= 15 is 0 Å². The summed E-state index contributed by atoms with van der Waals surface area (Å²) in [5.41, 5.74) is -1.13. The molecular weight excluding hydrogens is 322 g/mol. The molecular formula is C18H19F4NO. The number of hydrogen-bond donors (Lipinski definition) is 0. The third-order valence-corrected chi connectivity index (χ3v) is 4.90. The molecule has 0 N–H and O–H groups in total. The highest BCUT2D eigenvalue weighted by molar-refractivity contribution is 5.33. The monoisotopic (exact) mass is 341 g/mol. The van der Waals surface area contributed by atoms with Crippen LogP contribution in [0.2, 0.25) is 0 Å². The zero-order chi connectivity index (χ0) is 18.2. The van der Waals surface area contributed by atoms with Crippen LogP contribution in [0.1, 0.15) is 31.9 Å². The molecule has 1 aliphatic carbocycles. The van der Waals surface area contributed by atoms with Gasteiger partial charge < -0.3 is 4.74 Å². The standard InChI is InChI=1S/C18H19F4NO/c1-9(7-23)5-12-13(18(12,2)3)6-10-14(19)16(21)11(8-24-4)17(22)15(10)20/h5,12-13H,6,8H2,1-4H3. The van der Waals surface area contributed by atoms with Gasteiger partial charge in [0, 0.05) is 18.2 Å². The molecule has 2 rings (SSSR count). The van der Waals surface area contributed by atoms with E-state index in [1.165, 1.54) is 7.11 Å². The number of methoxy groups -OCH3 is 1. The van der Waals surface area contributed by atoms with Gasteiger partial charge in [-0.2, -0.15) is 5.26 Å². The van der Waals surface area contributed by atoms with Gasteiger partial charge in [-0.1, -0.05) is 19.9 Å². The minimum atomic E-state index is -1.41. The summed E-state index contributed by atoms with van der Waals surface area (Å²) < 4.78 is 61.0. The second kappa shape index (κ2) is 6.56. The first-order valence-electron chi connectivity index (χ1n) is 7.57. The van der Waals surface area contributed by atoms with E-state index in [1.54, 1.807) is 13.0 Å². The molecule has 1 aromatic carbocycles. The van der Waals surface area contributed by atoms with Crippen LogP contribution in [-0.4, -0.2) is 7.11 Å². The molecule has 0 amide bonds. The molecule has 0 bridgehead atoms. The summed E-state index contributed by atoms with van der Waals surface area (Å²) in [6.07, 6.45) is 1.61. The number of allylic oxidation sites excluding steroid dienone is 2. The lowest BCUT2D eigenvalue weighted by atomic mass is 9.99. The van der Waals surface area contributed by atoms with E-state index in [0.717, 1.165) is 0 Å². The summed E-state index contributed by atoms with van der Waals surface area (Å²) in [6.45, 7) is 4.88. The smallest absolute Gasteiger partial charge is 0.167 e. The Kier molecular flexibility index (Phi) is 5.05. The van der Waals surface area contributed by atoms with Crippen LogP contribution in [-0.2, 0) is 17.8 Å². The van der Waals surface area contributed by atoms with Crippen molar-refractivity contribution in [1.29, 1.82) is 5.26 Å². The maximum atomic E-state index is 14.2. The zero-order valence-electron chi connectivity index (χ0n) is 14.0. The van der Waals surface area contributed by atoms with Gasteiger partial charge in [0.2, 0.25) is 0 Å². The number of halogens is 4. The van der Waals surface area contributed by atoms with Crippen molar-refractivity contribution >= 4 is 0 Å². The zero-order valence-corrected chi connectivity index (χ0v) is 14.0. The summed E-state index contributed by atoms with van der Waals surface area (Å²) in [5, 5.41) is 8.85. The van der Waals surface area contributed by atoms with E-state index in [-0.39, 0.29) is 23.7 Å². The molecule has 1 aromatic rings. The van der Waals surface area contributed by atoms with Gasteiger partial charge in [0.1, 0.15) is 0 Å². The summed E-state index contributed by atoms with van der Waals surface area (Å²) in [7, 11) is 1.18. The Hall–Kier alpha value is -1.87. The largest absolute Gasteiger partial charge is 0.380 e. The van der Waals surface area contributed by atoms with Crippen molar-refractivity contribution in [1.82, 2.24) is 0 Å². The molecule has 1 aliphatic rings. The van der Waals surface area contributed by atoms with Crippen LogP contribution in [0.5, 0.6) is 0 Å². The van der Waals surface area contributed by atoms with E-state index in [0.29, 0.717) is 5.57 Å². The first-order chi connectivity index (χ1) is 11.2. The fraction of sp³-hybridized carbons (Fsp3) is 0.500. The fourth-order valence-electron chi connectivity index (χ4n) is 3.21. The topological polar surface area (TPSA) is 33.0 Å². The molecule has 2 unspecified atom stereocenters. The van der Waals surface area contributed by atoms with E-state index in [1.807, 2.05) is 19.9 Å². The lowest BCUT2D eigenvalue weighted by molar-refractivity contribution is 0.175. The molecule has 6 heteroatoms. The highest BCUT2D eigenvalue weighted by Crippen LogP contribution is 2.60. The van der Waals surface area contributed by atoms with Gasteiger partial charge in [-0.3, -0.25) is 0 Å². The third-order valence-electron chi connectivity index (χ3n) is 4.90. The number of benzene rings is 1. The fourth-order valence-corrected chi connectivity index (χ4v) is 3.21. The molecule has 1 saturated carbocycles. The molecule has 2 nitrogen and oxygen atoms in total. The van der Waals surface area contributed by atoms with Crippen LogP contribution in [0.25, 0.3) is 0 Å².